The highest BCUT2D eigenvalue weighted by atomic mass is 16.5. The lowest BCUT2D eigenvalue weighted by Gasteiger charge is -2.11. The minimum absolute atomic E-state index is 0.277. The fourth-order valence-corrected chi connectivity index (χ4v) is 1.89. The van der Waals surface area contributed by atoms with Crippen molar-refractivity contribution in [3.63, 3.8) is 0 Å². The van der Waals surface area contributed by atoms with Crippen LogP contribution in [0.4, 0.5) is 0 Å². The molecule has 0 saturated heterocycles. The first-order valence-corrected chi connectivity index (χ1v) is 5.05. The first-order chi connectivity index (χ1) is 7.13. The highest BCUT2D eigenvalue weighted by Gasteiger charge is 2.29. The molecular weight excluding hydrogens is 192 g/mol. The van der Waals surface area contributed by atoms with Crippen LogP contribution < -0.4 is 4.74 Å². The van der Waals surface area contributed by atoms with Crippen LogP contribution in [-0.2, 0) is 0 Å². The monoisotopic (exact) mass is 206 g/mol. The number of ether oxygens (including phenoxy) is 1. The summed E-state index contributed by atoms with van der Waals surface area (Å²) in [4.78, 5) is 11.0. The van der Waals surface area contributed by atoms with Gasteiger partial charge in [0.15, 0.2) is 0 Å². The second-order valence-corrected chi connectivity index (χ2v) is 4.01. The van der Waals surface area contributed by atoms with Gasteiger partial charge in [-0.1, -0.05) is 6.07 Å². The third kappa shape index (κ3) is 1.82. The van der Waals surface area contributed by atoms with E-state index in [1.54, 1.807) is 6.07 Å². The minimum atomic E-state index is -0.919. The normalized spacial score (nSPS) is 15.1. The molecule has 1 aromatic rings. The van der Waals surface area contributed by atoms with Gasteiger partial charge >= 0.3 is 5.97 Å². The molecule has 0 aromatic heterocycles. The molecule has 0 heterocycles. The molecule has 1 N–H and O–H groups in total. The second kappa shape index (κ2) is 3.57. The number of carboxylic acids is 1. The van der Waals surface area contributed by atoms with Gasteiger partial charge in [0, 0.05) is 0 Å². The number of hydrogen-bond acceptors (Lipinski definition) is 2. The zero-order valence-corrected chi connectivity index (χ0v) is 8.91. The Morgan fingerprint density at radius 2 is 2.13 bits per heavy atom. The van der Waals surface area contributed by atoms with Gasteiger partial charge in [0.05, 0.1) is 7.11 Å². The van der Waals surface area contributed by atoms with Gasteiger partial charge in [-0.15, -0.1) is 0 Å². The van der Waals surface area contributed by atoms with Crippen LogP contribution >= 0.6 is 0 Å². The zero-order valence-electron chi connectivity index (χ0n) is 8.91. The first-order valence-electron chi connectivity index (χ1n) is 5.05. The summed E-state index contributed by atoms with van der Waals surface area (Å²) in [7, 11) is 1.53. The van der Waals surface area contributed by atoms with Crippen LogP contribution in [-0.4, -0.2) is 18.2 Å². The third-order valence-corrected chi connectivity index (χ3v) is 2.71. The average molecular weight is 206 g/mol. The topological polar surface area (TPSA) is 46.5 Å². The van der Waals surface area contributed by atoms with Crippen LogP contribution in [0.15, 0.2) is 12.1 Å². The molecule has 1 saturated carbocycles. The van der Waals surface area contributed by atoms with Crippen LogP contribution in [0, 0.1) is 6.92 Å². The Labute approximate surface area is 88.7 Å². The van der Waals surface area contributed by atoms with Crippen molar-refractivity contribution in [3.8, 4) is 5.75 Å². The first kappa shape index (κ1) is 10.0. The molecule has 2 rings (SSSR count). The summed E-state index contributed by atoms with van der Waals surface area (Å²) < 4.78 is 5.21. The van der Waals surface area contributed by atoms with E-state index in [1.165, 1.54) is 7.11 Å². The van der Waals surface area contributed by atoms with E-state index in [4.69, 9.17) is 9.84 Å². The molecular formula is C12H14O3. The van der Waals surface area contributed by atoms with E-state index < -0.39 is 5.97 Å². The number of aryl methyl sites for hydroxylation is 1. The number of aromatic carboxylic acids is 1. The maximum Gasteiger partial charge on any atom is 0.339 e. The molecule has 0 bridgehead atoms. The highest BCUT2D eigenvalue weighted by molar-refractivity contribution is 5.92. The quantitative estimate of drug-likeness (QED) is 0.826. The largest absolute Gasteiger partial charge is 0.496 e. The fourth-order valence-electron chi connectivity index (χ4n) is 1.89. The van der Waals surface area contributed by atoms with Crippen molar-refractivity contribution in [1.29, 1.82) is 0 Å². The van der Waals surface area contributed by atoms with E-state index in [-0.39, 0.29) is 5.56 Å². The van der Waals surface area contributed by atoms with Crippen LogP contribution in [0.1, 0.15) is 40.2 Å². The van der Waals surface area contributed by atoms with Crippen LogP contribution in [0.3, 0.4) is 0 Å². The highest BCUT2D eigenvalue weighted by Crippen LogP contribution is 2.45. The number of hydrogen-bond donors (Lipinski definition) is 1. The van der Waals surface area contributed by atoms with Gasteiger partial charge in [0.25, 0.3) is 0 Å². The van der Waals surface area contributed by atoms with Gasteiger partial charge in [0.2, 0.25) is 0 Å². The Morgan fingerprint density at radius 1 is 1.47 bits per heavy atom. The van der Waals surface area contributed by atoms with E-state index in [9.17, 15) is 4.79 Å². The van der Waals surface area contributed by atoms with Gasteiger partial charge < -0.3 is 9.84 Å². The van der Waals surface area contributed by atoms with Crippen molar-refractivity contribution in [2.75, 3.05) is 7.11 Å². The summed E-state index contributed by atoms with van der Waals surface area (Å²) in [6, 6.07) is 3.69. The molecule has 1 aromatic carbocycles. The molecule has 1 aliphatic carbocycles. The molecule has 1 aliphatic rings. The number of benzene rings is 1. The maximum atomic E-state index is 11.0. The average Bonchev–Trinajstić information content (AvgIpc) is 2.99. The zero-order chi connectivity index (χ0) is 11.0. The van der Waals surface area contributed by atoms with Gasteiger partial charge in [-0.2, -0.15) is 0 Å². The van der Waals surface area contributed by atoms with Crippen LogP contribution in [0.2, 0.25) is 0 Å². The van der Waals surface area contributed by atoms with Crippen molar-refractivity contribution in [3.05, 3.63) is 28.8 Å². The van der Waals surface area contributed by atoms with E-state index in [2.05, 4.69) is 0 Å². The van der Waals surface area contributed by atoms with E-state index in [0.717, 1.165) is 24.0 Å². The Bertz CT molecular complexity index is 406. The lowest BCUT2D eigenvalue weighted by Crippen LogP contribution is -2.04. The Kier molecular flexibility index (Phi) is 2.39. The van der Waals surface area contributed by atoms with Gasteiger partial charge in [-0.3, -0.25) is 0 Å². The summed E-state index contributed by atoms with van der Waals surface area (Å²) in [5, 5.41) is 9.07. The van der Waals surface area contributed by atoms with Crippen LogP contribution in [0.25, 0.3) is 0 Å². The number of methoxy groups -OCH3 is 1. The van der Waals surface area contributed by atoms with Gasteiger partial charge in [-0.05, 0) is 42.9 Å². The predicted octanol–water partition coefficient (Wildman–Crippen LogP) is 2.58. The Balaban J connectivity index is 2.57. The van der Waals surface area contributed by atoms with Crippen LogP contribution in [0.5, 0.6) is 5.75 Å². The van der Waals surface area contributed by atoms with Crippen molar-refractivity contribution in [2.24, 2.45) is 0 Å². The maximum absolute atomic E-state index is 11.0. The summed E-state index contributed by atoms with van der Waals surface area (Å²) in [5.41, 5.74) is 2.31. The standard InChI is InChI=1S/C12H14O3/c1-7-5-9(8-3-4-8)11(15-2)10(6-7)12(13)14/h5-6,8H,3-4H2,1-2H3,(H,13,14). The van der Waals surface area contributed by atoms with Gasteiger partial charge in [-0.25, -0.2) is 4.79 Å². The predicted molar refractivity (Wildman–Crippen MR) is 56.7 cm³/mol. The summed E-state index contributed by atoms with van der Waals surface area (Å²) >= 11 is 0. The molecule has 0 atom stereocenters. The van der Waals surface area contributed by atoms with Crippen molar-refractivity contribution in [2.45, 2.75) is 25.7 Å². The molecule has 0 spiro atoms. The second-order valence-electron chi connectivity index (χ2n) is 4.01. The Hall–Kier alpha value is -1.51. The number of rotatable bonds is 3. The molecule has 0 aliphatic heterocycles. The van der Waals surface area contributed by atoms with E-state index >= 15 is 0 Å². The third-order valence-electron chi connectivity index (χ3n) is 2.71. The molecule has 3 heteroatoms. The number of carbonyl (C=O) groups is 1. The lowest BCUT2D eigenvalue weighted by atomic mass is 10.0. The van der Waals surface area contributed by atoms with Crippen molar-refractivity contribution < 1.29 is 14.6 Å². The van der Waals surface area contributed by atoms with E-state index in [1.807, 2.05) is 13.0 Å². The van der Waals surface area contributed by atoms with E-state index in [0.29, 0.717) is 11.7 Å². The molecule has 3 nitrogen and oxygen atoms in total. The van der Waals surface area contributed by atoms with Gasteiger partial charge in [0.1, 0.15) is 11.3 Å². The number of carboxylic acid groups (broad SMARTS) is 1. The molecule has 80 valence electrons. The summed E-state index contributed by atoms with van der Waals surface area (Å²) in [5.74, 6) is 0.117. The van der Waals surface area contributed by atoms with Crippen molar-refractivity contribution >= 4 is 5.97 Å². The van der Waals surface area contributed by atoms with Crippen molar-refractivity contribution in [1.82, 2.24) is 0 Å². The molecule has 0 radical (unpaired) electrons. The molecule has 15 heavy (non-hydrogen) atoms. The molecule has 0 unspecified atom stereocenters. The smallest absolute Gasteiger partial charge is 0.339 e. The summed E-state index contributed by atoms with van der Waals surface area (Å²) in [6.45, 7) is 1.91. The minimum Gasteiger partial charge on any atom is -0.496 e. The molecule has 0 amide bonds. The lowest BCUT2D eigenvalue weighted by molar-refractivity contribution is 0.0693. The summed E-state index contributed by atoms with van der Waals surface area (Å²) in [6.07, 6.45) is 2.28. The Morgan fingerprint density at radius 3 is 2.60 bits per heavy atom. The molecule has 1 fully saturated rings. The SMILES string of the molecule is COc1c(C(=O)O)cc(C)cc1C1CC1. The fraction of sp³-hybridized carbons (Fsp3) is 0.417.